The van der Waals surface area contributed by atoms with Gasteiger partial charge in [-0.15, -0.1) is 0 Å². The van der Waals surface area contributed by atoms with Crippen LogP contribution < -0.4 is 14.8 Å². The van der Waals surface area contributed by atoms with E-state index in [9.17, 15) is 0 Å². The Morgan fingerprint density at radius 3 is 2.62 bits per heavy atom. The van der Waals surface area contributed by atoms with Gasteiger partial charge in [-0.05, 0) is 61.6 Å². The number of hydrogen-bond donors (Lipinski definition) is 1. The van der Waals surface area contributed by atoms with E-state index in [1.54, 1.807) is 7.11 Å². The van der Waals surface area contributed by atoms with E-state index in [-0.39, 0.29) is 0 Å². The second kappa shape index (κ2) is 11.8. The first-order chi connectivity index (χ1) is 13.9. The summed E-state index contributed by atoms with van der Waals surface area (Å²) in [6.45, 7) is 15.0. The Morgan fingerprint density at radius 2 is 1.97 bits per heavy atom. The number of quaternary nitrogens is 1. The highest BCUT2D eigenvalue weighted by molar-refractivity contribution is 5.42. The molecule has 1 fully saturated rings. The number of methoxy groups -OCH3 is 1. The van der Waals surface area contributed by atoms with Crippen molar-refractivity contribution in [3.05, 3.63) is 23.8 Å². The van der Waals surface area contributed by atoms with Crippen molar-refractivity contribution < 1.29 is 19.5 Å². The number of rotatable bonds is 12. The average molecular weight is 407 g/mol. The van der Waals surface area contributed by atoms with E-state index in [2.05, 4.69) is 45.1 Å². The van der Waals surface area contributed by atoms with Crippen LogP contribution in [0.5, 0.6) is 11.5 Å². The van der Waals surface area contributed by atoms with Gasteiger partial charge in [0.05, 0.1) is 26.4 Å². The lowest BCUT2D eigenvalue weighted by molar-refractivity contribution is -0.672. The summed E-state index contributed by atoms with van der Waals surface area (Å²) in [5.74, 6) is 3.03. The molecule has 0 unspecified atom stereocenters. The van der Waals surface area contributed by atoms with E-state index < -0.39 is 0 Å². The average Bonchev–Trinajstić information content (AvgIpc) is 2.71. The van der Waals surface area contributed by atoms with E-state index in [1.165, 1.54) is 44.2 Å². The smallest absolute Gasteiger partial charge is 0.161 e. The Labute approximate surface area is 178 Å². The minimum absolute atomic E-state index is 0.422. The fourth-order valence-corrected chi connectivity index (χ4v) is 4.41. The van der Waals surface area contributed by atoms with Crippen molar-refractivity contribution in [3.63, 3.8) is 0 Å². The van der Waals surface area contributed by atoms with Crippen molar-refractivity contribution >= 4 is 0 Å². The fourth-order valence-electron chi connectivity index (χ4n) is 4.41. The topological polar surface area (TPSA) is 44.3 Å². The minimum atomic E-state index is 0.422. The van der Waals surface area contributed by atoms with Crippen LogP contribution in [0.25, 0.3) is 0 Å². The molecule has 1 aliphatic heterocycles. The Bertz CT molecular complexity index is 602. The lowest BCUT2D eigenvalue weighted by Gasteiger charge is -2.42. The molecular weight excluding hydrogens is 362 g/mol. The quantitative estimate of drug-likeness (QED) is 0.507. The second-order valence-electron chi connectivity index (χ2n) is 9.49. The van der Waals surface area contributed by atoms with Gasteiger partial charge >= 0.3 is 0 Å². The number of benzene rings is 1. The Kier molecular flexibility index (Phi) is 9.78. The molecule has 2 rings (SSSR count). The van der Waals surface area contributed by atoms with E-state index in [0.717, 1.165) is 30.6 Å². The Balaban J connectivity index is 1.92. The molecule has 0 spiro atoms. The van der Waals surface area contributed by atoms with E-state index in [1.807, 2.05) is 13.0 Å². The van der Waals surface area contributed by atoms with Gasteiger partial charge in [-0.1, -0.05) is 34.1 Å². The number of hydrogen-bond acceptors (Lipinski definition) is 3. The van der Waals surface area contributed by atoms with E-state index in [4.69, 9.17) is 14.2 Å². The van der Waals surface area contributed by atoms with Crippen molar-refractivity contribution in [2.75, 3.05) is 26.9 Å². The molecular formula is C25H44NO3+. The summed E-state index contributed by atoms with van der Waals surface area (Å²) in [5.41, 5.74) is 1.73. The van der Waals surface area contributed by atoms with Crippen LogP contribution in [0.2, 0.25) is 0 Å². The second-order valence-corrected chi connectivity index (χ2v) is 9.49. The third kappa shape index (κ3) is 7.49. The summed E-state index contributed by atoms with van der Waals surface area (Å²) >= 11 is 0. The lowest BCUT2D eigenvalue weighted by Crippen LogP contribution is -2.83. The molecule has 0 aromatic heterocycles. The molecule has 29 heavy (non-hydrogen) atoms. The van der Waals surface area contributed by atoms with Gasteiger partial charge in [-0.25, -0.2) is 0 Å². The largest absolute Gasteiger partial charge is 0.493 e. The molecule has 4 nitrogen and oxygen atoms in total. The highest BCUT2D eigenvalue weighted by Gasteiger charge is 2.37. The maximum absolute atomic E-state index is 6.10. The third-order valence-corrected chi connectivity index (χ3v) is 6.38. The van der Waals surface area contributed by atoms with Crippen LogP contribution >= 0.6 is 0 Å². The monoisotopic (exact) mass is 406 g/mol. The zero-order valence-electron chi connectivity index (χ0n) is 19.6. The fraction of sp³-hybridized carbons (Fsp3) is 0.760. The van der Waals surface area contributed by atoms with Gasteiger partial charge in [0.25, 0.3) is 0 Å². The van der Waals surface area contributed by atoms with Crippen LogP contribution in [-0.4, -0.2) is 33.0 Å². The van der Waals surface area contributed by atoms with Crippen LogP contribution in [0.1, 0.15) is 72.3 Å². The molecule has 1 aliphatic rings. The highest BCUT2D eigenvalue weighted by Crippen LogP contribution is 2.43. The first-order valence-corrected chi connectivity index (χ1v) is 11.6. The summed E-state index contributed by atoms with van der Waals surface area (Å²) in [6.07, 6.45) is 6.80. The van der Waals surface area contributed by atoms with E-state index in [0.29, 0.717) is 24.0 Å². The molecule has 0 saturated carbocycles. The van der Waals surface area contributed by atoms with Gasteiger partial charge in [0.15, 0.2) is 11.5 Å². The third-order valence-electron chi connectivity index (χ3n) is 6.38. The van der Waals surface area contributed by atoms with Crippen LogP contribution in [0.3, 0.4) is 0 Å². The van der Waals surface area contributed by atoms with Gasteiger partial charge in [0.1, 0.15) is 6.54 Å². The Hall–Kier alpha value is -1.26. The first kappa shape index (κ1) is 24.0. The van der Waals surface area contributed by atoms with Gasteiger partial charge in [-0.3, -0.25) is 0 Å². The normalized spacial score (nSPS) is 22.3. The van der Waals surface area contributed by atoms with Gasteiger partial charge in [-0.2, -0.15) is 0 Å². The minimum Gasteiger partial charge on any atom is -0.493 e. The maximum atomic E-state index is 6.10. The first-order valence-electron chi connectivity index (χ1n) is 11.6. The van der Waals surface area contributed by atoms with Crippen LogP contribution in [0.4, 0.5) is 0 Å². The molecule has 0 radical (unpaired) electrons. The molecule has 0 bridgehead atoms. The van der Waals surface area contributed by atoms with Gasteiger partial charge in [0.2, 0.25) is 0 Å². The standard InChI is InChI=1S/C25H43NO3/c1-7-28-22-9-8-21(16-23(22)27-6)18-26-14-12-25(11-10-19(2)3)13-15-29-24(17-25)20(4)5/h8-9,16,19-20,24,26H,7,10-15,17-18H2,1-6H3/p+1/t24-,25-/m0/s1. The molecule has 4 heteroatoms. The lowest BCUT2D eigenvalue weighted by atomic mass is 9.69. The van der Waals surface area contributed by atoms with Crippen LogP contribution in [0, 0.1) is 17.3 Å². The van der Waals surface area contributed by atoms with Crippen LogP contribution in [-0.2, 0) is 11.3 Å². The summed E-state index contributed by atoms with van der Waals surface area (Å²) in [7, 11) is 1.71. The molecule has 166 valence electrons. The van der Waals surface area contributed by atoms with Crippen molar-refractivity contribution in [1.82, 2.24) is 0 Å². The predicted molar refractivity (Wildman–Crippen MR) is 120 cm³/mol. The highest BCUT2D eigenvalue weighted by atomic mass is 16.5. The molecule has 1 aromatic rings. The zero-order valence-corrected chi connectivity index (χ0v) is 19.6. The molecule has 0 amide bonds. The van der Waals surface area contributed by atoms with Crippen molar-refractivity contribution in [2.45, 2.75) is 79.4 Å². The molecule has 1 aromatic carbocycles. The van der Waals surface area contributed by atoms with Gasteiger partial charge in [0, 0.05) is 18.6 Å². The van der Waals surface area contributed by atoms with Gasteiger partial charge < -0.3 is 19.5 Å². The predicted octanol–water partition coefficient (Wildman–Crippen LogP) is 4.81. The molecule has 0 aliphatic carbocycles. The zero-order chi connectivity index (χ0) is 21.3. The SMILES string of the molecule is CCOc1ccc(C[NH2+]CC[C@@]2(CCC(C)C)CCO[C@H](C(C)C)C2)cc1OC. The summed E-state index contributed by atoms with van der Waals surface area (Å²) in [5, 5.41) is 2.45. The summed E-state index contributed by atoms with van der Waals surface area (Å²) in [6, 6.07) is 6.29. The molecule has 2 atom stereocenters. The van der Waals surface area contributed by atoms with Crippen molar-refractivity contribution in [2.24, 2.45) is 17.3 Å². The van der Waals surface area contributed by atoms with Crippen LogP contribution in [0.15, 0.2) is 18.2 Å². The van der Waals surface area contributed by atoms with Crippen molar-refractivity contribution in [1.29, 1.82) is 0 Å². The molecule has 2 N–H and O–H groups in total. The molecule has 1 saturated heterocycles. The summed E-state index contributed by atoms with van der Waals surface area (Å²) in [4.78, 5) is 0. The van der Waals surface area contributed by atoms with E-state index >= 15 is 0 Å². The maximum Gasteiger partial charge on any atom is 0.161 e. The summed E-state index contributed by atoms with van der Waals surface area (Å²) < 4.78 is 17.2. The molecule has 1 heterocycles. The Morgan fingerprint density at radius 1 is 1.17 bits per heavy atom. The number of nitrogens with two attached hydrogens (primary N) is 1. The van der Waals surface area contributed by atoms with Crippen molar-refractivity contribution in [3.8, 4) is 11.5 Å². The number of ether oxygens (including phenoxy) is 3.